The summed E-state index contributed by atoms with van der Waals surface area (Å²) in [7, 11) is 0. The highest BCUT2D eigenvalue weighted by molar-refractivity contribution is 7.26. The van der Waals surface area contributed by atoms with Crippen LogP contribution in [-0.4, -0.2) is 0 Å². The predicted molar refractivity (Wildman–Crippen MR) is 199 cm³/mol. The summed E-state index contributed by atoms with van der Waals surface area (Å²) >= 11 is 3.72. The van der Waals surface area contributed by atoms with Crippen molar-refractivity contribution in [2.75, 3.05) is 0 Å². The van der Waals surface area contributed by atoms with Crippen LogP contribution in [0.15, 0.2) is 152 Å². The lowest BCUT2D eigenvalue weighted by Gasteiger charge is -2.13. The first-order valence-corrected chi connectivity index (χ1v) is 16.9. The number of benzene rings is 7. The van der Waals surface area contributed by atoms with Gasteiger partial charge in [0.2, 0.25) is 0 Å². The van der Waals surface area contributed by atoms with Crippen LogP contribution in [-0.2, 0) is 0 Å². The van der Waals surface area contributed by atoms with E-state index in [1.807, 2.05) is 46.9 Å². The molecule has 0 spiro atoms. The Morgan fingerprint density at radius 1 is 0.370 bits per heavy atom. The number of nitriles is 1. The summed E-state index contributed by atoms with van der Waals surface area (Å²) < 4.78 is 5.23. The van der Waals surface area contributed by atoms with Crippen LogP contribution in [0.2, 0.25) is 0 Å². The normalized spacial score (nSPS) is 11.5. The van der Waals surface area contributed by atoms with Crippen LogP contribution < -0.4 is 0 Å². The second-order valence-corrected chi connectivity index (χ2v) is 13.8. The lowest BCUT2D eigenvalue weighted by Crippen LogP contribution is -1.88. The summed E-state index contributed by atoms with van der Waals surface area (Å²) in [5, 5.41) is 15.0. The number of hydrogen-bond donors (Lipinski definition) is 0. The van der Waals surface area contributed by atoms with Crippen molar-refractivity contribution < 1.29 is 0 Å². The number of rotatable bonds is 4. The first-order valence-electron chi connectivity index (χ1n) is 15.3. The summed E-state index contributed by atoms with van der Waals surface area (Å²) in [6.07, 6.45) is 0. The summed E-state index contributed by atoms with van der Waals surface area (Å²) in [6, 6.07) is 56.8. The lowest BCUT2D eigenvalue weighted by atomic mass is 9.91. The van der Waals surface area contributed by atoms with Crippen molar-refractivity contribution in [3.8, 4) is 50.6 Å². The first-order chi connectivity index (χ1) is 22.7. The molecule has 3 heteroatoms. The number of hydrogen-bond acceptors (Lipinski definition) is 3. The van der Waals surface area contributed by atoms with Crippen molar-refractivity contribution in [1.29, 1.82) is 5.26 Å². The molecule has 0 saturated heterocycles. The average molecular weight is 620 g/mol. The van der Waals surface area contributed by atoms with Gasteiger partial charge in [0.05, 0.1) is 11.6 Å². The molecule has 9 aromatic rings. The fourth-order valence-electron chi connectivity index (χ4n) is 6.70. The molecule has 1 nitrogen and oxygen atoms in total. The van der Waals surface area contributed by atoms with E-state index in [9.17, 15) is 5.26 Å². The minimum absolute atomic E-state index is 0.682. The molecule has 2 heterocycles. The van der Waals surface area contributed by atoms with E-state index in [0.717, 1.165) is 22.3 Å². The fraction of sp³-hybridized carbons (Fsp3) is 0. The lowest BCUT2D eigenvalue weighted by molar-refractivity contribution is 1.48. The number of fused-ring (bicyclic) bond motifs is 6. The van der Waals surface area contributed by atoms with Gasteiger partial charge >= 0.3 is 0 Å². The third kappa shape index (κ3) is 4.43. The Bertz CT molecular complexity index is 2670. The van der Waals surface area contributed by atoms with E-state index >= 15 is 0 Å². The Labute approximate surface area is 274 Å². The van der Waals surface area contributed by atoms with Crippen LogP contribution in [0, 0.1) is 11.3 Å². The summed E-state index contributed by atoms with van der Waals surface area (Å²) in [5.41, 5.74) is 9.78. The zero-order chi connectivity index (χ0) is 30.6. The Morgan fingerprint density at radius 2 is 0.935 bits per heavy atom. The fourth-order valence-corrected chi connectivity index (χ4v) is 9.02. The van der Waals surface area contributed by atoms with Crippen LogP contribution in [0.3, 0.4) is 0 Å². The molecule has 0 atom stereocenters. The third-order valence-corrected chi connectivity index (χ3v) is 11.3. The molecule has 0 unspecified atom stereocenters. The highest BCUT2D eigenvalue weighted by atomic mass is 32.1. The highest BCUT2D eigenvalue weighted by Crippen LogP contribution is 2.43. The van der Waals surface area contributed by atoms with Gasteiger partial charge in [-0.1, -0.05) is 97.1 Å². The monoisotopic (exact) mass is 619 g/mol. The van der Waals surface area contributed by atoms with Crippen molar-refractivity contribution in [1.82, 2.24) is 0 Å². The molecular weight excluding hydrogens is 595 g/mol. The van der Waals surface area contributed by atoms with Crippen LogP contribution >= 0.6 is 22.7 Å². The second-order valence-electron chi connectivity index (χ2n) is 11.6. The molecular formula is C43H25NS2. The molecule has 9 rings (SSSR count). The Kier molecular flexibility index (Phi) is 6.31. The van der Waals surface area contributed by atoms with E-state index in [0.29, 0.717) is 5.56 Å². The molecule has 0 bridgehead atoms. The van der Waals surface area contributed by atoms with E-state index < -0.39 is 0 Å². The summed E-state index contributed by atoms with van der Waals surface area (Å²) in [4.78, 5) is 0. The molecule has 0 saturated carbocycles. The minimum atomic E-state index is 0.682. The van der Waals surface area contributed by atoms with Crippen molar-refractivity contribution in [3.63, 3.8) is 0 Å². The molecule has 46 heavy (non-hydrogen) atoms. The van der Waals surface area contributed by atoms with Gasteiger partial charge in [-0.05, 0) is 99.1 Å². The Hall–Kier alpha value is -5.53. The van der Waals surface area contributed by atoms with Crippen molar-refractivity contribution in [2.24, 2.45) is 0 Å². The van der Waals surface area contributed by atoms with Gasteiger partial charge in [0, 0.05) is 40.3 Å². The maximum Gasteiger partial charge on any atom is 0.0998 e. The van der Waals surface area contributed by atoms with Crippen molar-refractivity contribution in [3.05, 3.63) is 157 Å². The maximum absolute atomic E-state index is 9.81. The van der Waals surface area contributed by atoms with Gasteiger partial charge in [0.25, 0.3) is 0 Å². The van der Waals surface area contributed by atoms with Gasteiger partial charge in [-0.2, -0.15) is 5.26 Å². The molecule has 0 N–H and O–H groups in total. The summed E-state index contributed by atoms with van der Waals surface area (Å²) in [5.74, 6) is 0. The second kappa shape index (κ2) is 10.8. The quantitative estimate of drug-likeness (QED) is 0.192. The van der Waals surface area contributed by atoms with Gasteiger partial charge in [0.15, 0.2) is 0 Å². The van der Waals surface area contributed by atoms with Crippen LogP contribution in [0.1, 0.15) is 5.56 Å². The molecule has 0 fully saturated rings. The SMILES string of the molecule is N#Cc1ccccc1-c1cccc(-c2cc(-c3ccc4sc5ccccc5c4c3)cc(-c3cccc4c3sc3ccccc34)c2)c1. The molecule has 0 radical (unpaired) electrons. The first kappa shape index (κ1) is 26.8. The molecule has 0 aliphatic rings. The topological polar surface area (TPSA) is 23.8 Å². The Morgan fingerprint density at radius 3 is 1.76 bits per heavy atom. The van der Waals surface area contributed by atoms with E-state index in [-0.39, 0.29) is 0 Å². The average Bonchev–Trinajstić information content (AvgIpc) is 3.69. The van der Waals surface area contributed by atoms with Crippen LogP contribution in [0.4, 0.5) is 0 Å². The number of thiophene rings is 2. The smallest absolute Gasteiger partial charge is 0.0998 e. The van der Waals surface area contributed by atoms with E-state index in [4.69, 9.17) is 0 Å². The van der Waals surface area contributed by atoms with Crippen molar-refractivity contribution in [2.45, 2.75) is 0 Å². The van der Waals surface area contributed by atoms with Gasteiger partial charge in [-0.15, -0.1) is 22.7 Å². The molecule has 0 amide bonds. The zero-order valence-electron chi connectivity index (χ0n) is 24.7. The van der Waals surface area contributed by atoms with E-state index in [1.165, 1.54) is 62.6 Å². The van der Waals surface area contributed by atoms with Crippen LogP contribution in [0.5, 0.6) is 0 Å². The highest BCUT2D eigenvalue weighted by Gasteiger charge is 2.15. The molecule has 214 valence electrons. The van der Waals surface area contributed by atoms with Gasteiger partial charge < -0.3 is 0 Å². The zero-order valence-corrected chi connectivity index (χ0v) is 26.3. The molecule has 7 aromatic carbocycles. The standard InChI is InChI=1S/C43H25NS2/c44-26-30-9-1-2-12-34(30)29-11-7-10-27(21-29)31-22-32(28-19-20-42-39(25-28)37-14-4-5-17-40(37)45-42)24-33(23-31)35-15-8-16-38-36-13-3-6-18-41(36)46-43(35)38/h1-25H. The largest absolute Gasteiger partial charge is 0.192 e. The molecule has 2 aromatic heterocycles. The molecule has 0 aliphatic carbocycles. The molecule has 0 aliphatic heterocycles. The third-order valence-electron chi connectivity index (χ3n) is 8.91. The van der Waals surface area contributed by atoms with Gasteiger partial charge in [0.1, 0.15) is 0 Å². The summed E-state index contributed by atoms with van der Waals surface area (Å²) in [6.45, 7) is 0. The van der Waals surface area contributed by atoms with Gasteiger partial charge in [-0.25, -0.2) is 0 Å². The predicted octanol–water partition coefficient (Wildman–Crippen LogP) is 13.0. The van der Waals surface area contributed by atoms with E-state index in [2.05, 4.69) is 133 Å². The van der Waals surface area contributed by atoms with Crippen LogP contribution in [0.25, 0.3) is 84.9 Å². The Balaban J connectivity index is 1.28. The van der Waals surface area contributed by atoms with Crippen molar-refractivity contribution >= 4 is 63.0 Å². The van der Waals surface area contributed by atoms with Gasteiger partial charge in [-0.3, -0.25) is 0 Å². The minimum Gasteiger partial charge on any atom is -0.192 e. The maximum atomic E-state index is 9.81. The number of nitrogens with zero attached hydrogens (tertiary/aromatic N) is 1. The van der Waals surface area contributed by atoms with E-state index in [1.54, 1.807) is 0 Å².